The lowest BCUT2D eigenvalue weighted by molar-refractivity contribution is -0.136. The Balaban J connectivity index is 1.11. The average Bonchev–Trinajstić information content (AvgIpc) is 3.34. The minimum Gasteiger partial charge on any atom is -0.379 e. The van der Waals surface area contributed by atoms with Gasteiger partial charge in [0.25, 0.3) is 11.8 Å². The molecule has 0 saturated carbocycles. The molecule has 0 aliphatic carbocycles. The van der Waals surface area contributed by atoms with Crippen molar-refractivity contribution in [2.75, 3.05) is 97.8 Å². The molecule has 1 aromatic carbocycles. The standard InChI is InChI=1S/C34H47N3O12/c1-2-12-43-14-16-45-18-20-47-22-24-49-25-23-48-21-19-46-17-15-44-13-5-3-4-9-29(38)35-27-8-6-7-26-31(27)34(42)37(33(26)41)28-10-11-30(39)36-32(28)40/h1,6-8,28H,3-5,9-25H2,(H,35,38)(H,36,39,40). The number of hydrogen-bond acceptors (Lipinski definition) is 12. The number of carbonyl (C=O) groups excluding carboxylic acids is 5. The second kappa shape index (κ2) is 23.6. The highest BCUT2D eigenvalue weighted by Gasteiger charge is 2.45. The van der Waals surface area contributed by atoms with Gasteiger partial charge in [0.05, 0.1) is 96.1 Å². The van der Waals surface area contributed by atoms with Gasteiger partial charge in [0, 0.05) is 19.4 Å². The van der Waals surface area contributed by atoms with E-state index in [0.717, 1.165) is 17.7 Å². The van der Waals surface area contributed by atoms with Crippen LogP contribution < -0.4 is 10.6 Å². The molecule has 0 radical (unpaired) electrons. The number of imide groups is 2. The van der Waals surface area contributed by atoms with Crippen LogP contribution in [0.5, 0.6) is 0 Å². The maximum absolute atomic E-state index is 13.2. The molecule has 15 heteroatoms. The SMILES string of the molecule is C#CCOCCOCCOCCOCCOCCOCCOCCCCCC(=O)Nc1cccc2c1C(=O)N(C1CCC(=O)NC1=O)C2=O. The van der Waals surface area contributed by atoms with Crippen molar-refractivity contribution in [3.05, 3.63) is 29.3 Å². The summed E-state index contributed by atoms with van der Waals surface area (Å²) in [6.45, 7) is 6.46. The lowest BCUT2D eigenvalue weighted by Gasteiger charge is -2.27. The molecule has 270 valence electrons. The van der Waals surface area contributed by atoms with Crippen LogP contribution in [0.15, 0.2) is 18.2 Å². The predicted octanol–water partition coefficient (Wildman–Crippen LogP) is 1.34. The number of piperidine rings is 1. The molecular weight excluding hydrogens is 642 g/mol. The summed E-state index contributed by atoms with van der Waals surface area (Å²) in [7, 11) is 0. The first-order valence-electron chi connectivity index (χ1n) is 16.6. The van der Waals surface area contributed by atoms with E-state index in [1.54, 1.807) is 12.1 Å². The van der Waals surface area contributed by atoms with E-state index >= 15 is 0 Å². The molecule has 2 heterocycles. The molecule has 1 unspecified atom stereocenters. The maximum atomic E-state index is 13.2. The normalized spacial score (nSPS) is 15.7. The Kier molecular flexibility index (Phi) is 19.1. The number of amides is 5. The smallest absolute Gasteiger partial charge is 0.264 e. The number of benzene rings is 1. The number of carbonyl (C=O) groups is 5. The molecule has 1 atom stereocenters. The third-order valence-corrected chi connectivity index (χ3v) is 7.35. The zero-order chi connectivity index (χ0) is 35.1. The monoisotopic (exact) mass is 689 g/mol. The van der Waals surface area contributed by atoms with Gasteiger partial charge in [-0.1, -0.05) is 18.4 Å². The summed E-state index contributed by atoms with van der Waals surface area (Å²) < 4.78 is 37.8. The Morgan fingerprint density at radius 1 is 0.755 bits per heavy atom. The second-order valence-corrected chi connectivity index (χ2v) is 11.0. The lowest BCUT2D eigenvalue weighted by Crippen LogP contribution is -2.54. The van der Waals surface area contributed by atoms with E-state index in [0.29, 0.717) is 92.3 Å². The molecule has 0 spiro atoms. The molecular formula is C34H47N3O12. The van der Waals surface area contributed by atoms with E-state index in [4.69, 9.17) is 39.6 Å². The maximum Gasteiger partial charge on any atom is 0.264 e. The quantitative estimate of drug-likeness (QED) is 0.0771. The van der Waals surface area contributed by atoms with E-state index in [9.17, 15) is 24.0 Å². The lowest BCUT2D eigenvalue weighted by atomic mass is 10.0. The Morgan fingerprint density at radius 3 is 1.86 bits per heavy atom. The Bertz CT molecular complexity index is 1270. The zero-order valence-corrected chi connectivity index (χ0v) is 27.9. The van der Waals surface area contributed by atoms with Gasteiger partial charge < -0.3 is 38.5 Å². The van der Waals surface area contributed by atoms with Gasteiger partial charge in [-0.05, 0) is 31.4 Å². The van der Waals surface area contributed by atoms with E-state index in [2.05, 4.69) is 16.6 Å². The third kappa shape index (κ3) is 14.3. The van der Waals surface area contributed by atoms with Crippen LogP contribution in [0.4, 0.5) is 5.69 Å². The first-order chi connectivity index (χ1) is 23.9. The molecule has 2 aliphatic heterocycles. The summed E-state index contributed by atoms with van der Waals surface area (Å²) in [6, 6.07) is 3.53. The summed E-state index contributed by atoms with van der Waals surface area (Å²) in [5.41, 5.74) is 0.386. The fraction of sp³-hybridized carbons (Fsp3) is 0.618. The number of fused-ring (bicyclic) bond motifs is 1. The highest BCUT2D eigenvalue weighted by Crippen LogP contribution is 2.32. The highest BCUT2D eigenvalue weighted by atomic mass is 16.6. The number of nitrogens with zero attached hydrogens (tertiary/aromatic N) is 1. The predicted molar refractivity (Wildman–Crippen MR) is 175 cm³/mol. The van der Waals surface area contributed by atoms with E-state index in [1.165, 1.54) is 6.07 Å². The highest BCUT2D eigenvalue weighted by molar-refractivity contribution is 6.26. The number of ether oxygens (including phenoxy) is 7. The van der Waals surface area contributed by atoms with Crippen LogP contribution in [0.3, 0.4) is 0 Å². The van der Waals surface area contributed by atoms with Gasteiger partial charge in [-0.15, -0.1) is 6.42 Å². The Morgan fingerprint density at radius 2 is 1.31 bits per heavy atom. The average molecular weight is 690 g/mol. The minimum atomic E-state index is -1.07. The van der Waals surface area contributed by atoms with Gasteiger partial charge in [0.1, 0.15) is 12.6 Å². The van der Waals surface area contributed by atoms with Gasteiger partial charge in [0.2, 0.25) is 17.7 Å². The van der Waals surface area contributed by atoms with E-state index in [-0.39, 0.29) is 48.6 Å². The van der Waals surface area contributed by atoms with Crippen LogP contribution in [-0.4, -0.2) is 133 Å². The molecule has 1 fully saturated rings. The van der Waals surface area contributed by atoms with Crippen molar-refractivity contribution in [1.82, 2.24) is 10.2 Å². The topological polar surface area (TPSA) is 177 Å². The zero-order valence-electron chi connectivity index (χ0n) is 27.9. The van der Waals surface area contributed by atoms with Crippen molar-refractivity contribution in [2.24, 2.45) is 0 Å². The van der Waals surface area contributed by atoms with Gasteiger partial charge in [-0.25, -0.2) is 0 Å². The van der Waals surface area contributed by atoms with Crippen molar-refractivity contribution in [3.8, 4) is 12.3 Å². The van der Waals surface area contributed by atoms with Crippen molar-refractivity contribution in [1.29, 1.82) is 0 Å². The van der Waals surface area contributed by atoms with Crippen molar-refractivity contribution < 1.29 is 57.1 Å². The number of hydrogen-bond donors (Lipinski definition) is 2. The summed E-state index contributed by atoms with van der Waals surface area (Å²) in [5, 5.41) is 4.90. The third-order valence-electron chi connectivity index (χ3n) is 7.35. The molecule has 5 amide bonds. The van der Waals surface area contributed by atoms with E-state index < -0.39 is 29.7 Å². The van der Waals surface area contributed by atoms with Crippen LogP contribution in [-0.2, 0) is 47.5 Å². The molecule has 1 aromatic rings. The second-order valence-electron chi connectivity index (χ2n) is 11.0. The molecule has 0 aromatic heterocycles. The van der Waals surface area contributed by atoms with Gasteiger partial charge in [0.15, 0.2) is 0 Å². The molecule has 0 bridgehead atoms. The molecule has 49 heavy (non-hydrogen) atoms. The van der Waals surface area contributed by atoms with Crippen LogP contribution in [0.1, 0.15) is 59.2 Å². The van der Waals surface area contributed by atoms with Gasteiger partial charge >= 0.3 is 0 Å². The number of rotatable bonds is 27. The molecule has 2 aliphatic rings. The Hall–Kier alpha value is -3.75. The van der Waals surface area contributed by atoms with Crippen LogP contribution in [0, 0.1) is 12.3 Å². The summed E-state index contributed by atoms with van der Waals surface area (Å²) in [6.07, 6.45) is 7.55. The van der Waals surface area contributed by atoms with Gasteiger partial charge in [-0.2, -0.15) is 0 Å². The number of anilines is 1. The van der Waals surface area contributed by atoms with Gasteiger partial charge in [-0.3, -0.25) is 34.2 Å². The largest absolute Gasteiger partial charge is 0.379 e. The molecule has 3 rings (SSSR count). The first kappa shape index (κ1) is 39.7. The number of nitrogens with one attached hydrogen (secondary N) is 2. The molecule has 15 nitrogen and oxygen atoms in total. The summed E-state index contributed by atoms with van der Waals surface area (Å²) in [4.78, 5) is 63.4. The van der Waals surface area contributed by atoms with E-state index in [1.807, 2.05) is 0 Å². The summed E-state index contributed by atoms with van der Waals surface area (Å²) in [5.74, 6) is -0.323. The summed E-state index contributed by atoms with van der Waals surface area (Å²) >= 11 is 0. The Labute approximate surface area is 286 Å². The number of unbranched alkanes of at least 4 members (excludes halogenated alkanes) is 2. The van der Waals surface area contributed by atoms with Crippen LogP contribution in [0.25, 0.3) is 0 Å². The molecule has 1 saturated heterocycles. The van der Waals surface area contributed by atoms with Crippen molar-refractivity contribution in [3.63, 3.8) is 0 Å². The number of terminal acetylenes is 1. The first-order valence-corrected chi connectivity index (χ1v) is 16.6. The fourth-order valence-corrected chi connectivity index (χ4v) is 4.95. The van der Waals surface area contributed by atoms with Crippen LogP contribution in [0.2, 0.25) is 0 Å². The van der Waals surface area contributed by atoms with Crippen LogP contribution >= 0.6 is 0 Å². The van der Waals surface area contributed by atoms with Crippen molar-refractivity contribution >= 4 is 35.2 Å². The minimum absolute atomic E-state index is 0.0303. The molecule has 2 N–H and O–H groups in total. The van der Waals surface area contributed by atoms with Crippen molar-refractivity contribution in [2.45, 2.75) is 44.6 Å². The fourth-order valence-electron chi connectivity index (χ4n) is 4.95.